The molecular formula is C17H18N4OS. The van der Waals surface area contributed by atoms with Gasteiger partial charge >= 0.3 is 0 Å². The van der Waals surface area contributed by atoms with E-state index in [1.807, 2.05) is 19.2 Å². The number of rotatable bonds is 3. The Morgan fingerprint density at radius 1 is 1.39 bits per heavy atom. The number of thiophene rings is 1. The Morgan fingerprint density at radius 2 is 2.26 bits per heavy atom. The second-order valence-corrected chi connectivity index (χ2v) is 6.79. The molecule has 5 nitrogen and oxygen atoms in total. The summed E-state index contributed by atoms with van der Waals surface area (Å²) in [5, 5.41) is 13.9. The van der Waals surface area contributed by atoms with Crippen LogP contribution in [0.5, 0.6) is 0 Å². The van der Waals surface area contributed by atoms with Crippen LogP contribution in [0.4, 0.5) is 0 Å². The molecule has 0 saturated carbocycles. The predicted molar refractivity (Wildman–Crippen MR) is 91.6 cm³/mol. The third-order valence-electron chi connectivity index (χ3n) is 4.32. The van der Waals surface area contributed by atoms with Crippen molar-refractivity contribution in [3.63, 3.8) is 0 Å². The molecule has 0 atom stereocenters. The molecule has 0 saturated heterocycles. The Labute approximate surface area is 138 Å². The first-order chi connectivity index (χ1) is 11.2. The number of aromatic nitrogens is 2. The van der Waals surface area contributed by atoms with Gasteiger partial charge < -0.3 is 10.2 Å². The molecule has 2 aromatic heterocycles. The lowest BCUT2D eigenvalue weighted by Crippen LogP contribution is -2.29. The van der Waals surface area contributed by atoms with Crippen LogP contribution in [-0.4, -0.2) is 34.6 Å². The average Bonchev–Trinajstić information content (AvgIpc) is 3.19. The molecule has 3 aromatic rings. The zero-order valence-corrected chi connectivity index (χ0v) is 13.7. The van der Waals surface area contributed by atoms with Gasteiger partial charge in [-0.05, 0) is 22.4 Å². The van der Waals surface area contributed by atoms with Gasteiger partial charge in [0.2, 0.25) is 0 Å². The van der Waals surface area contributed by atoms with Gasteiger partial charge in [-0.3, -0.25) is 9.89 Å². The summed E-state index contributed by atoms with van der Waals surface area (Å²) >= 11 is 1.72. The number of fused-ring (bicyclic) bond motifs is 2. The number of carbonyl (C=O) groups is 1. The van der Waals surface area contributed by atoms with Crippen LogP contribution in [0.25, 0.3) is 10.1 Å². The van der Waals surface area contributed by atoms with E-state index in [9.17, 15) is 4.79 Å². The van der Waals surface area contributed by atoms with E-state index >= 15 is 0 Å². The summed E-state index contributed by atoms with van der Waals surface area (Å²) < 4.78 is 1.25. The van der Waals surface area contributed by atoms with Crippen molar-refractivity contribution in [3.8, 4) is 0 Å². The monoisotopic (exact) mass is 326 g/mol. The number of benzene rings is 1. The van der Waals surface area contributed by atoms with E-state index in [-0.39, 0.29) is 5.91 Å². The minimum absolute atomic E-state index is 0.0264. The number of H-pyrrole nitrogens is 1. The maximum Gasteiger partial charge on any atom is 0.274 e. The zero-order valence-electron chi connectivity index (χ0n) is 12.9. The molecule has 4 rings (SSSR count). The molecule has 0 aliphatic carbocycles. The Morgan fingerprint density at radius 3 is 3.17 bits per heavy atom. The average molecular weight is 326 g/mol. The molecule has 2 N–H and O–H groups in total. The van der Waals surface area contributed by atoms with Crippen molar-refractivity contribution in [3.05, 3.63) is 52.2 Å². The Bertz CT molecular complexity index is 866. The second-order valence-electron chi connectivity index (χ2n) is 5.87. The standard InChI is InChI=1S/C17H18N4OS/c1-21(9-11-10-23-15-5-3-2-4-12(11)15)17(22)16-13-8-18-7-6-14(13)19-20-16/h2-5,10,18H,6-9H2,1H3,(H,19,20). The smallest absolute Gasteiger partial charge is 0.274 e. The Balaban J connectivity index is 1.58. The van der Waals surface area contributed by atoms with Gasteiger partial charge in [0.1, 0.15) is 0 Å². The molecular weight excluding hydrogens is 308 g/mol. The van der Waals surface area contributed by atoms with Crippen LogP contribution in [0.3, 0.4) is 0 Å². The number of carbonyl (C=O) groups excluding carboxylic acids is 1. The highest BCUT2D eigenvalue weighted by Gasteiger charge is 2.24. The van der Waals surface area contributed by atoms with Crippen LogP contribution < -0.4 is 5.32 Å². The van der Waals surface area contributed by atoms with E-state index in [1.165, 1.54) is 15.6 Å². The van der Waals surface area contributed by atoms with Crippen LogP contribution in [0.2, 0.25) is 0 Å². The molecule has 3 heterocycles. The normalized spacial score (nSPS) is 14.0. The first-order valence-electron chi connectivity index (χ1n) is 7.71. The number of aromatic amines is 1. The van der Waals surface area contributed by atoms with E-state index in [0.717, 1.165) is 24.2 Å². The fourth-order valence-electron chi connectivity index (χ4n) is 3.07. The van der Waals surface area contributed by atoms with E-state index < -0.39 is 0 Å². The largest absolute Gasteiger partial charge is 0.336 e. The second kappa shape index (κ2) is 5.79. The number of hydrogen-bond acceptors (Lipinski definition) is 4. The third-order valence-corrected chi connectivity index (χ3v) is 5.34. The van der Waals surface area contributed by atoms with Gasteiger partial charge in [-0.25, -0.2) is 0 Å². The summed E-state index contributed by atoms with van der Waals surface area (Å²) in [4.78, 5) is 14.5. The molecule has 118 valence electrons. The van der Waals surface area contributed by atoms with Gasteiger partial charge in [0.25, 0.3) is 5.91 Å². The highest BCUT2D eigenvalue weighted by atomic mass is 32.1. The highest BCUT2D eigenvalue weighted by molar-refractivity contribution is 7.17. The lowest BCUT2D eigenvalue weighted by Gasteiger charge is -2.18. The summed E-state index contributed by atoms with van der Waals surface area (Å²) in [6, 6.07) is 8.30. The third kappa shape index (κ3) is 2.54. The van der Waals surface area contributed by atoms with E-state index in [2.05, 4.69) is 33.0 Å². The zero-order chi connectivity index (χ0) is 15.8. The van der Waals surface area contributed by atoms with E-state index in [1.54, 1.807) is 16.2 Å². The van der Waals surface area contributed by atoms with Gasteiger partial charge in [-0.2, -0.15) is 5.10 Å². The van der Waals surface area contributed by atoms with Crippen molar-refractivity contribution >= 4 is 27.3 Å². The first-order valence-corrected chi connectivity index (χ1v) is 8.59. The van der Waals surface area contributed by atoms with Gasteiger partial charge in [0.15, 0.2) is 5.69 Å². The van der Waals surface area contributed by atoms with Crippen LogP contribution in [0.15, 0.2) is 29.6 Å². The highest BCUT2D eigenvalue weighted by Crippen LogP contribution is 2.27. The van der Waals surface area contributed by atoms with Crippen molar-refractivity contribution in [1.29, 1.82) is 0 Å². The Kier molecular flexibility index (Phi) is 3.63. The van der Waals surface area contributed by atoms with E-state index in [0.29, 0.717) is 18.8 Å². The fraction of sp³-hybridized carbons (Fsp3) is 0.294. The number of nitrogens with one attached hydrogen (secondary N) is 2. The van der Waals surface area contributed by atoms with Gasteiger partial charge in [-0.15, -0.1) is 11.3 Å². The Hall–Kier alpha value is -2.18. The summed E-state index contributed by atoms with van der Waals surface area (Å²) in [5.74, 6) is -0.0264. The summed E-state index contributed by atoms with van der Waals surface area (Å²) in [6.45, 7) is 2.24. The minimum Gasteiger partial charge on any atom is -0.336 e. The van der Waals surface area contributed by atoms with Crippen molar-refractivity contribution in [1.82, 2.24) is 20.4 Å². The molecule has 0 unspecified atom stereocenters. The number of amides is 1. The fourth-order valence-corrected chi connectivity index (χ4v) is 4.02. The molecule has 0 fully saturated rings. The van der Waals surface area contributed by atoms with Crippen LogP contribution in [0.1, 0.15) is 27.3 Å². The van der Waals surface area contributed by atoms with Gasteiger partial charge in [0, 0.05) is 49.1 Å². The maximum atomic E-state index is 12.8. The molecule has 1 aliphatic heterocycles. The van der Waals surface area contributed by atoms with Gasteiger partial charge in [-0.1, -0.05) is 18.2 Å². The molecule has 0 bridgehead atoms. The maximum absolute atomic E-state index is 12.8. The summed E-state index contributed by atoms with van der Waals surface area (Å²) in [6.07, 6.45) is 0.897. The quantitative estimate of drug-likeness (QED) is 0.777. The number of hydrogen-bond donors (Lipinski definition) is 2. The molecule has 1 aromatic carbocycles. The molecule has 6 heteroatoms. The van der Waals surface area contributed by atoms with Crippen molar-refractivity contribution in [2.45, 2.75) is 19.5 Å². The first kappa shape index (κ1) is 14.4. The van der Waals surface area contributed by atoms with E-state index in [4.69, 9.17) is 0 Å². The lowest BCUT2D eigenvalue weighted by atomic mass is 10.1. The predicted octanol–water partition coefficient (Wildman–Crippen LogP) is 2.54. The summed E-state index contributed by atoms with van der Waals surface area (Å²) in [5.41, 5.74) is 3.84. The molecule has 0 spiro atoms. The van der Waals surface area contributed by atoms with Crippen LogP contribution in [0, 0.1) is 0 Å². The van der Waals surface area contributed by atoms with Crippen molar-refractivity contribution in [2.24, 2.45) is 0 Å². The lowest BCUT2D eigenvalue weighted by molar-refractivity contribution is 0.0778. The minimum atomic E-state index is -0.0264. The summed E-state index contributed by atoms with van der Waals surface area (Å²) in [7, 11) is 1.84. The van der Waals surface area contributed by atoms with Crippen LogP contribution >= 0.6 is 11.3 Å². The molecule has 23 heavy (non-hydrogen) atoms. The van der Waals surface area contributed by atoms with Crippen molar-refractivity contribution < 1.29 is 4.79 Å². The van der Waals surface area contributed by atoms with Crippen LogP contribution in [-0.2, 0) is 19.5 Å². The van der Waals surface area contributed by atoms with Gasteiger partial charge in [0.05, 0.1) is 0 Å². The molecule has 1 aliphatic rings. The molecule has 1 amide bonds. The number of nitrogens with zero attached hydrogens (tertiary/aromatic N) is 2. The molecule has 0 radical (unpaired) electrons. The van der Waals surface area contributed by atoms with Crippen molar-refractivity contribution in [2.75, 3.05) is 13.6 Å². The topological polar surface area (TPSA) is 61.0 Å². The SMILES string of the molecule is CN(Cc1csc2ccccc12)C(=O)c1n[nH]c2c1CNCC2.